The number of carbonyl (C=O) groups excluding carboxylic acids is 1. The minimum absolute atomic E-state index is 0.0864. The van der Waals surface area contributed by atoms with Crippen LogP contribution in [0.3, 0.4) is 0 Å². The molecule has 0 aromatic heterocycles. The lowest BCUT2D eigenvalue weighted by atomic mass is 9.91. The second-order valence-electron chi connectivity index (χ2n) is 6.31. The first-order valence-corrected chi connectivity index (χ1v) is 8.31. The smallest absolute Gasteiger partial charge is 0.352 e. The van der Waals surface area contributed by atoms with E-state index in [1.807, 2.05) is 29.2 Å². The third-order valence-electron chi connectivity index (χ3n) is 4.47. The number of anilines is 2. The highest BCUT2D eigenvalue weighted by atomic mass is 19.4. The minimum atomic E-state index is -4.39. The van der Waals surface area contributed by atoms with Crippen LogP contribution in [0.1, 0.15) is 11.1 Å². The molecular formula is C20H19F3N2O. The van der Waals surface area contributed by atoms with Gasteiger partial charge < -0.3 is 10.2 Å². The lowest BCUT2D eigenvalue weighted by molar-refractivity contribution is -0.137. The number of amides is 1. The maximum Gasteiger partial charge on any atom is 0.416 e. The van der Waals surface area contributed by atoms with Gasteiger partial charge in [0.25, 0.3) is 0 Å². The molecule has 2 aromatic rings. The molecule has 1 heterocycles. The van der Waals surface area contributed by atoms with Gasteiger partial charge in [0.2, 0.25) is 5.91 Å². The summed E-state index contributed by atoms with van der Waals surface area (Å²) in [6, 6.07) is 13.0. The number of benzene rings is 2. The summed E-state index contributed by atoms with van der Waals surface area (Å²) in [4.78, 5) is 13.3. The van der Waals surface area contributed by atoms with Crippen LogP contribution in [0.5, 0.6) is 0 Å². The van der Waals surface area contributed by atoms with Crippen LogP contribution in [0, 0.1) is 5.92 Å². The molecule has 26 heavy (non-hydrogen) atoms. The van der Waals surface area contributed by atoms with E-state index in [0.717, 1.165) is 23.7 Å². The zero-order chi connectivity index (χ0) is 18.7. The molecule has 0 saturated carbocycles. The Labute approximate surface area is 150 Å². The van der Waals surface area contributed by atoms with Crippen LogP contribution in [-0.4, -0.2) is 19.0 Å². The molecule has 1 amide bonds. The molecule has 3 rings (SSSR count). The average Bonchev–Trinajstić information content (AvgIpc) is 2.64. The molecule has 0 aliphatic carbocycles. The first-order valence-electron chi connectivity index (χ1n) is 8.31. The van der Waals surface area contributed by atoms with Crippen molar-refractivity contribution in [3.8, 4) is 0 Å². The summed E-state index contributed by atoms with van der Waals surface area (Å²) < 4.78 is 39.2. The molecule has 0 radical (unpaired) electrons. The highest BCUT2D eigenvalue weighted by molar-refractivity contribution is 5.86. The standard InChI is InChI=1S/C20H19F3N2O/c1-2-19(26)24-12-14-10-15-6-3-4-9-18(15)25(13-14)17-8-5-7-16(11-17)20(21,22)23/h2-9,11,14H,1,10,12-13H2,(H,24,26). The van der Waals surface area contributed by atoms with E-state index in [0.29, 0.717) is 18.8 Å². The number of alkyl halides is 3. The highest BCUT2D eigenvalue weighted by Gasteiger charge is 2.32. The number of hydrogen-bond acceptors (Lipinski definition) is 2. The second-order valence-corrected chi connectivity index (χ2v) is 6.31. The zero-order valence-corrected chi connectivity index (χ0v) is 14.1. The molecule has 0 fully saturated rings. The van der Waals surface area contributed by atoms with E-state index in [9.17, 15) is 18.0 Å². The topological polar surface area (TPSA) is 32.3 Å². The van der Waals surface area contributed by atoms with Gasteiger partial charge in [-0.3, -0.25) is 4.79 Å². The number of hydrogen-bond donors (Lipinski definition) is 1. The molecule has 1 aliphatic rings. The monoisotopic (exact) mass is 360 g/mol. The summed E-state index contributed by atoms with van der Waals surface area (Å²) in [5.41, 5.74) is 1.77. The third kappa shape index (κ3) is 3.90. The van der Waals surface area contributed by atoms with Crippen molar-refractivity contribution in [2.75, 3.05) is 18.0 Å². The third-order valence-corrected chi connectivity index (χ3v) is 4.47. The Bertz CT molecular complexity index is 817. The van der Waals surface area contributed by atoms with Crippen LogP contribution in [0.25, 0.3) is 0 Å². The van der Waals surface area contributed by atoms with Crippen molar-refractivity contribution in [3.63, 3.8) is 0 Å². The van der Waals surface area contributed by atoms with Crippen molar-refractivity contribution >= 4 is 17.3 Å². The molecular weight excluding hydrogens is 341 g/mol. The summed E-state index contributed by atoms with van der Waals surface area (Å²) >= 11 is 0. The average molecular weight is 360 g/mol. The maximum absolute atomic E-state index is 13.1. The fourth-order valence-electron chi connectivity index (χ4n) is 3.23. The van der Waals surface area contributed by atoms with Crippen molar-refractivity contribution < 1.29 is 18.0 Å². The predicted octanol–water partition coefficient (Wildman–Crippen LogP) is 4.32. The lowest BCUT2D eigenvalue weighted by Crippen LogP contribution is -2.39. The van der Waals surface area contributed by atoms with Gasteiger partial charge in [0.05, 0.1) is 5.56 Å². The van der Waals surface area contributed by atoms with Crippen LogP contribution in [0.2, 0.25) is 0 Å². The Kier molecular flexibility index (Phi) is 5.02. The molecule has 0 bridgehead atoms. The van der Waals surface area contributed by atoms with Gasteiger partial charge in [0, 0.05) is 24.5 Å². The highest BCUT2D eigenvalue weighted by Crippen LogP contribution is 2.38. The fraction of sp³-hybridized carbons (Fsp3) is 0.250. The van der Waals surface area contributed by atoms with Crippen LogP contribution >= 0.6 is 0 Å². The van der Waals surface area contributed by atoms with E-state index in [4.69, 9.17) is 0 Å². The van der Waals surface area contributed by atoms with Gasteiger partial charge in [-0.15, -0.1) is 0 Å². The molecule has 1 aliphatic heterocycles. The summed E-state index contributed by atoms with van der Waals surface area (Å²) in [6.07, 6.45) is -2.42. The lowest BCUT2D eigenvalue weighted by Gasteiger charge is -2.36. The van der Waals surface area contributed by atoms with E-state index in [2.05, 4.69) is 11.9 Å². The van der Waals surface area contributed by atoms with Gasteiger partial charge in [-0.2, -0.15) is 13.2 Å². The molecule has 6 heteroatoms. The minimum Gasteiger partial charge on any atom is -0.352 e. The van der Waals surface area contributed by atoms with E-state index in [-0.39, 0.29) is 11.8 Å². The van der Waals surface area contributed by atoms with Crippen molar-refractivity contribution in [1.82, 2.24) is 5.32 Å². The molecule has 0 spiro atoms. The van der Waals surface area contributed by atoms with Gasteiger partial charge in [0.1, 0.15) is 0 Å². The quantitative estimate of drug-likeness (QED) is 0.824. The Morgan fingerprint density at radius 1 is 1.23 bits per heavy atom. The maximum atomic E-state index is 13.1. The van der Waals surface area contributed by atoms with Gasteiger partial charge >= 0.3 is 6.18 Å². The van der Waals surface area contributed by atoms with Crippen LogP contribution in [-0.2, 0) is 17.4 Å². The van der Waals surface area contributed by atoms with Crippen molar-refractivity contribution in [1.29, 1.82) is 0 Å². The SMILES string of the molecule is C=CC(=O)NCC1Cc2ccccc2N(c2cccc(C(F)(F)F)c2)C1. The molecule has 2 aromatic carbocycles. The number of nitrogens with zero attached hydrogens (tertiary/aromatic N) is 1. The first-order chi connectivity index (χ1) is 12.4. The largest absolute Gasteiger partial charge is 0.416 e. The van der Waals surface area contributed by atoms with E-state index < -0.39 is 11.7 Å². The fourth-order valence-corrected chi connectivity index (χ4v) is 3.23. The van der Waals surface area contributed by atoms with Crippen molar-refractivity contribution in [2.24, 2.45) is 5.92 Å². The molecule has 1 N–H and O–H groups in total. The van der Waals surface area contributed by atoms with Crippen molar-refractivity contribution in [3.05, 3.63) is 72.3 Å². The van der Waals surface area contributed by atoms with Crippen LogP contribution in [0.4, 0.5) is 24.5 Å². The zero-order valence-electron chi connectivity index (χ0n) is 14.1. The number of rotatable bonds is 4. The van der Waals surface area contributed by atoms with Crippen LogP contribution < -0.4 is 10.2 Å². The van der Waals surface area contributed by atoms with E-state index in [1.165, 1.54) is 18.2 Å². The second kappa shape index (κ2) is 7.23. The molecule has 1 atom stereocenters. The Hall–Kier alpha value is -2.76. The van der Waals surface area contributed by atoms with Gasteiger partial charge in [-0.1, -0.05) is 30.8 Å². The molecule has 0 saturated heterocycles. The first kappa shape index (κ1) is 18.0. The Morgan fingerprint density at radius 2 is 2.00 bits per heavy atom. The number of para-hydroxylation sites is 1. The van der Waals surface area contributed by atoms with E-state index in [1.54, 1.807) is 6.07 Å². The molecule has 3 nitrogen and oxygen atoms in total. The number of halogens is 3. The number of nitrogens with one attached hydrogen (secondary N) is 1. The summed E-state index contributed by atoms with van der Waals surface area (Å²) in [5.74, 6) is -0.169. The normalized spacial score (nSPS) is 16.7. The van der Waals surface area contributed by atoms with Gasteiger partial charge in [-0.05, 0) is 48.2 Å². The molecule has 1 unspecified atom stereocenters. The van der Waals surface area contributed by atoms with Gasteiger partial charge in [0.15, 0.2) is 0 Å². The molecule has 136 valence electrons. The van der Waals surface area contributed by atoms with Gasteiger partial charge in [-0.25, -0.2) is 0 Å². The number of carbonyl (C=O) groups is 1. The summed E-state index contributed by atoms with van der Waals surface area (Å²) in [5, 5.41) is 2.78. The van der Waals surface area contributed by atoms with Crippen LogP contribution in [0.15, 0.2) is 61.2 Å². The van der Waals surface area contributed by atoms with E-state index >= 15 is 0 Å². The summed E-state index contributed by atoms with van der Waals surface area (Å²) in [6.45, 7) is 4.39. The Balaban J connectivity index is 1.92. The predicted molar refractivity (Wildman–Crippen MR) is 95.3 cm³/mol. The van der Waals surface area contributed by atoms with Crippen molar-refractivity contribution in [2.45, 2.75) is 12.6 Å². The summed E-state index contributed by atoms with van der Waals surface area (Å²) in [7, 11) is 0. The Morgan fingerprint density at radius 3 is 2.73 bits per heavy atom. The number of fused-ring (bicyclic) bond motifs is 1.